The van der Waals surface area contributed by atoms with Crippen LogP contribution in [0.25, 0.3) is 11.3 Å². The lowest BCUT2D eigenvalue weighted by Gasteiger charge is -2.28. The summed E-state index contributed by atoms with van der Waals surface area (Å²) >= 11 is 5.99. The minimum atomic E-state index is -0.0925. The van der Waals surface area contributed by atoms with Crippen molar-refractivity contribution in [3.05, 3.63) is 75.5 Å². The lowest BCUT2D eigenvalue weighted by atomic mass is 10.0. The van der Waals surface area contributed by atoms with E-state index in [4.69, 9.17) is 20.8 Å². The van der Waals surface area contributed by atoms with Crippen LogP contribution in [0.15, 0.2) is 46.9 Å². The Hall–Kier alpha value is -2.76. The Morgan fingerprint density at radius 3 is 2.63 bits per heavy atom. The van der Waals surface area contributed by atoms with Gasteiger partial charge in [-0.2, -0.15) is 0 Å². The van der Waals surface area contributed by atoms with Gasteiger partial charge in [-0.3, -0.25) is 9.69 Å². The van der Waals surface area contributed by atoms with Crippen molar-refractivity contribution in [3.63, 3.8) is 0 Å². The molecule has 0 bridgehead atoms. The highest BCUT2D eigenvalue weighted by atomic mass is 35.5. The number of halogens is 1. The lowest BCUT2D eigenvalue weighted by Crippen LogP contribution is -2.39. The van der Waals surface area contributed by atoms with Crippen LogP contribution in [0.3, 0.4) is 0 Å². The number of amides is 1. The van der Waals surface area contributed by atoms with Crippen molar-refractivity contribution in [2.24, 2.45) is 0 Å². The molecule has 5 nitrogen and oxygen atoms in total. The van der Waals surface area contributed by atoms with Crippen LogP contribution in [0.5, 0.6) is 5.75 Å². The first-order valence-corrected chi connectivity index (χ1v) is 12.7. The van der Waals surface area contributed by atoms with Crippen molar-refractivity contribution >= 4 is 17.5 Å². The van der Waals surface area contributed by atoms with Crippen molar-refractivity contribution in [1.29, 1.82) is 0 Å². The maximum Gasteiger partial charge on any atom is 0.255 e. The summed E-state index contributed by atoms with van der Waals surface area (Å²) in [7, 11) is 1.72. The molecule has 1 saturated heterocycles. The molecule has 1 aliphatic heterocycles. The molecule has 2 heterocycles. The highest BCUT2D eigenvalue weighted by Crippen LogP contribution is 2.29. The van der Waals surface area contributed by atoms with E-state index in [1.807, 2.05) is 37.3 Å². The Balaban J connectivity index is 1.38. The van der Waals surface area contributed by atoms with Gasteiger partial charge in [0.1, 0.15) is 17.3 Å². The molecule has 2 aromatic carbocycles. The molecule has 0 saturated carbocycles. The summed E-state index contributed by atoms with van der Waals surface area (Å²) in [4.78, 5) is 15.6. The van der Waals surface area contributed by atoms with Crippen LogP contribution in [0, 0.1) is 20.8 Å². The van der Waals surface area contributed by atoms with Gasteiger partial charge in [0, 0.05) is 29.2 Å². The zero-order valence-electron chi connectivity index (χ0n) is 21.3. The Kier molecular flexibility index (Phi) is 7.88. The van der Waals surface area contributed by atoms with Gasteiger partial charge in [0.25, 0.3) is 5.91 Å². The van der Waals surface area contributed by atoms with Crippen LogP contribution < -0.4 is 10.1 Å². The maximum absolute atomic E-state index is 13.0. The van der Waals surface area contributed by atoms with E-state index in [0.29, 0.717) is 28.1 Å². The number of aryl methyl sites for hydroxylation is 1. The predicted molar refractivity (Wildman–Crippen MR) is 141 cm³/mol. The number of ether oxygens (including phenoxy) is 1. The Labute approximate surface area is 213 Å². The Morgan fingerprint density at radius 2 is 1.91 bits per heavy atom. The third-order valence-electron chi connectivity index (χ3n) is 7.24. The van der Waals surface area contributed by atoms with E-state index in [1.165, 1.54) is 23.1 Å². The molecule has 0 spiro atoms. The van der Waals surface area contributed by atoms with Gasteiger partial charge in [-0.05, 0) is 107 Å². The summed E-state index contributed by atoms with van der Waals surface area (Å²) in [6.45, 7) is 10.2. The molecular weight excluding hydrogens is 460 g/mol. The van der Waals surface area contributed by atoms with Crippen LogP contribution in [0.2, 0.25) is 5.02 Å². The molecule has 6 heteroatoms. The highest BCUT2D eigenvalue weighted by Gasteiger charge is 2.28. The summed E-state index contributed by atoms with van der Waals surface area (Å²) in [6, 6.07) is 14.0. The fourth-order valence-corrected chi connectivity index (χ4v) is 5.19. The predicted octanol–water partition coefficient (Wildman–Crippen LogP) is 6.71. The number of nitrogens with one attached hydrogen (secondary N) is 1. The topological polar surface area (TPSA) is 54.7 Å². The fraction of sp³-hybridized carbons (Fsp3) is 0.414. The first kappa shape index (κ1) is 25.3. The minimum Gasteiger partial charge on any atom is -0.496 e. The number of hydrogen-bond acceptors (Lipinski definition) is 4. The molecule has 2 unspecified atom stereocenters. The molecule has 1 fully saturated rings. The summed E-state index contributed by atoms with van der Waals surface area (Å²) in [5.41, 5.74) is 5.32. The van der Waals surface area contributed by atoms with E-state index in [9.17, 15) is 4.79 Å². The summed E-state index contributed by atoms with van der Waals surface area (Å²) in [5.74, 6) is 2.14. The van der Waals surface area contributed by atoms with Crippen LogP contribution >= 0.6 is 11.6 Å². The SMILES string of the molecule is COc1ccc(CN2CCCC2CC(C)NC(=O)c2cc(-c3ccc(Cl)cc3)oc2C)c(C)c1C. The largest absolute Gasteiger partial charge is 0.496 e. The number of hydrogen-bond donors (Lipinski definition) is 1. The Morgan fingerprint density at radius 1 is 1.17 bits per heavy atom. The van der Waals surface area contributed by atoms with Gasteiger partial charge in [-0.15, -0.1) is 0 Å². The minimum absolute atomic E-state index is 0.0556. The number of carbonyl (C=O) groups excluding carboxylic acids is 1. The second kappa shape index (κ2) is 10.9. The average Bonchev–Trinajstić information content (AvgIpc) is 3.43. The smallest absolute Gasteiger partial charge is 0.255 e. The van der Waals surface area contributed by atoms with Gasteiger partial charge in [0.2, 0.25) is 0 Å². The van der Waals surface area contributed by atoms with Crippen molar-refractivity contribution < 1.29 is 13.9 Å². The molecule has 0 radical (unpaired) electrons. The second-order valence-electron chi connectivity index (χ2n) is 9.64. The molecule has 1 N–H and O–H groups in total. The van der Waals surface area contributed by atoms with E-state index >= 15 is 0 Å². The van der Waals surface area contributed by atoms with E-state index in [2.05, 4.69) is 43.1 Å². The zero-order valence-corrected chi connectivity index (χ0v) is 22.0. The standard InChI is InChI=1S/C29H35ClN2O3/c1-18(31-29(33)26-16-28(35-21(26)4)22-8-11-24(30)12-9-22)15-25-7-6-14-32(25)17-23-10-13-27(34-5)20(3)19(23)2/h8-13,16,18,25H,6-7,14-15,17H2,1-5H3,(H,31,33). The van der Waals surface area contributed by atoms with E-state index in [1.54, 1.807) is 7.11 Å². The molecule has 0 aliphatic carbocycles. The summed E-state index contributed by atoms with van der Waals surface area (Å²) < 4.78 is 11.3. The first-order chi connectivity index (χ1) is 16.8. The van der Waals surface area contributed by atoms with Gasteiger partial charge in [-0.25, -0.2) is 0 Å². The van der Waals surface area contributed by atoms with E-state index < -0.39 is 0 Å². The molecular formula is C29H35ClN2O3. The lowest BCUT2D eigenvalue weighted by molar-refractivity contribution is 0.0929. The maximum atomic E-state index is 13.0. The average molecular weight is 495 g/mol. The molecule has 1 aromatic heterocycles. The molecule has 1 amide bonds. The molecule has 1 aliphatic rings. The van der Waals surface area contributed by atoms with Gasteiger partial charge in [-0.1, -0.05) is 17.7 Å². The van der Waals surface area contributed by atoms with Crippen molar-refractivity contribution in [2.75, 3.05) is 13.7 Å². The summed E-state index contributed by atoms with van der Waals surface area (Å²) in [5, 5.41) is 3.86. The number of benzene rings is 2. The van der Waals surface area contributed by atoms with Crippen molar-refractivity contribution in [2.45, 2.75) is 65.6 Å². The number of furan rings is 1. The first-order valence-electron chi connectivity index (χ1n) is 12.3. The molecule has 186 valence electrons. The normalized spacial score (nSPS) is 16.9. The number of carbonyl (C=O) groups is 1. The second-order valence-corrected chi connectivity index (χ2v) is 10.1. The quantitative estimate of drug-likeness (QED) is 0.378. The molecule has 35 heavy (non-hydrogen) atoms. The Bertz CT molecular complexity index is 1190. The summed E-state index contributed by atoms with van der Waals surface area (Å²) in [6.07, 6.45) is 3.26. The van der Waals surface area contributed by atoms with Crippen molar-refractivity contribution in [1.82, 2.24) is 10.2 Å². The van der Waals surface area contributed by atoms with Gasteiger partial charge >= 0.3 is 0 Å². The monoisotopic (exact) mass is 494 g/mol. The zero-order chi connectivity index (χ0) is 25.1. The third kappa shape index (κ3) is 5.74. The van der Waals surface area contributed by atoms with Crippen LogP contribution in [0.1, 0.15) is 59.0 Å². The number of nitrogens with zero attached hydrogens (tertiary/aromatic N) is 1. The van der Waals surface area contributed by atoms with Gasteiger partial charge in [0.05, 0.1) is 12.7 Å². The van der Waals surface area contributed by atoms with Crippen LogP contribution in [0.4, 0.5) is 0 Å². The third-order valence-corrected chi connectivity index (χ3v) is 7.49. The highest BCUT2D eigenvalue weighted by molar-refractivity contribution is 6.30. The van der Waals surface area contributed by atoms with E-state index in [-0.39, 0.29) is 11.9 Å². The van der Waals surface area contributed by atoms with E-state index in [0.717, 1.165) is 37.2 Å². The van der Waals surface area contributed by atoms with Gasteiger partial charge < -0.3 is 14.5 Å². The number of methoxy groups -OCH3 is 1. The van der Waals surface area contributed by atoms with Crippen molar-refractivity contribution in [3.8, 4) is 17.1 Å². The number of likely N-dealkylation sites (tertiary alicyclic amines) is 1. The molecule has 4 rings (SSSR count). The van der Waals surface area contributed by atoms with Crippen LogP contribution in [-0.4, -0.2) is 36.5 Å². The fourth-order valence-electron chi connectivity index (χ4n) is 5.07. The van der Waals surface area contributed by atoms with Gasteiger partial charge in [0.15, 0.2) is 0 Å². The number of rotatable bonds is 8. The molecule has 2 atom stereocenters. The molecule has 3 aromatic rings. The van der Waals surface area contributed by atoms with Crippen LogP contribution in [-0.2, 0) is 6.54 Å².